The number of hydrogen-bond acceptors (Lipinski definition) is 5. The Morgan fingerprint density at radius 1 is 1.21 bits per heavy atom. The number of fused-ring (bicyclic) bond motifs is 1. The van der Waals surface area contributed by atoms with Crippen LogP contribution in [-0.4, -0.2) is 51.4 Å². The fourth-order valence-corrected chi connectivity index (χ4v) is 3.92. The lowest BCUT2D eigenvalue weighted by molar-refractivity contribution is -0.340. The Morgan fingerprint density at radius 2 is 2.00 bits per heavy atom. The number of pyridine rings is 1. The molecule has 3 heterocycles. The number of aromatic nitrogens is 3. The normalized spacial score (nSPS) is 16.4. The summed E-state index contributed by atoms with van der Waals surface area (Å²) in [4.78, 5) is 27.4. The summed E-state index contributed by atoms with van der Waals surface area (Å²) in [7, 11) is 0. The van der Waals surface area contributed by atoms with Crippen molar-refractivity contribution in [3.05, 3.63) is 47.5 Å². The van der Waals surface area contributed by atoms with Gasteiger partial charge in [0.1, 0.15) is 5.82 Å². The average molecular weight is 459 g/mol. The number of nitrogens with zero attached hydrogens (tertiary/aromatic N) is 4. The van der Waals surface area contributed by atoms with Gasteiger partial charge in [0.25, 0.3) is 0 Å². The molecule has 0 spiro atoms. The van der Waals surface area contributed by atoms with Crippen LogP contribution in [0.25, 0.3) is 22.2 Å². The molecule has 0 bridgehead atoms. The van der Waals surface area contributed by atoms with E-state index in [-0.39, 0.29) is 19.5 Å². The van der Waals surface area contributed by atoms with E-state index < -0.39 is 18.5 Å². The van der Waals surface area contributed by atoms with Crippen LogP contribution in [0.3, 0.4) is 0 Å². The van der Waals surface area contributed by atoms with Crippen LogP contribution in [0.2, 0.25) is 0 Å². The van der Waals surface area contributed by atoms with Gasteiger partial charge in [0.05, 0.1) is 6.10 Å². The third-order valence-electron chi connectivity index (χ3n) is 5.64. The molecule has 2 amide bonds. The number of rotatable bonds is 4. The Hall–Kier alpha value is -3.27. The Labute approximate surface area is 189 Å². The van der Waals surface area contributed by atoms with Crippen LogP contribution in [0, 0.1) is 13.8 Å². The van der Waals surface area contributed by atoms with Crippen molar-refractivity contribution in [3.63, 3.8) is 0 Å². The minimum atomic E-state index is -4.71. The molecule has 3 aromatic rings. The molecule has 1 fully saturated rings. The van der Waals surface area contributed by atoms with Gasteiger partial charge >= 0.3 is 12.4 Å². The quantitative estimate of drug-likeness (QED) is 0.593. The number of hydrogen-bond donors (Lipinski definition) is 1. The summed E-state index contributed by atoms with van der Waals surface area (Å²) < 4.78 is 41.4. The Morgan fingerprint density at radius 3 is 2.73 bits per heavy atom. The molecule has 1 N–H and O–H groups in total. The first-order chi connectivity index (χ1) is 15.6. The number of anilines is 1. The molecule has 0 saturated carbocycles. The highest BCUT2D eigenvalue weighted by Gasteiger charge is 2.37. The minimum absolute atomic E-state index is 0.114. The molecule has 0 aliphatic carbocycles. The van der Waals surface area contributed by atoms with Crippen LogP contribution in [0.1, 0.15) is 30.4 Å². The third kappa shape index (κ3) is 5.22. The number of ether oxygens (including phenoxy) is 1. The zero-order valence-electron chi connectivity index (χ0n) is 18.5. The third-order valence-corrected chi connectivity index (χ3v) is 5.64. The van der Waals surface area contributed by atoms with E-state index in [2.05, 4.69) is 25.0 Å². The van der Waals surface area contributed by atoms with Crippen molar-refractivity contribution in [2.75, 3.05) is 18.4 Å². The summed E-state index contributed by atoms with van der Waals surface area (Å²) in [6.07, 6.45) is -3.15. The SMILES string of the molecule is CCc1ncc2cc(-c3cc(NC(=O)N4CC[C@H](OC(F)(F)F)C4)ccc3C)c(C)nc2n1. The van der Waals surface area contributed by atoms with Crippen LogP contribution >= 0.6 is 0 Å². The second-order valence-corrected chi connectivity index (χ2v) is 8.05. The number of aryl methyl sites for hydroxylation is 3. The van der Waals surface area contributed by atoms with E-state index in [0.717, 1.165) is 40.0 Å². The minimum Gasteiger partial charge on any atom is -0.322 e. The van der Waals surface area contributed by atoms with Gasteiger partial charge in [-0.25, -0.2) is 19.7 Å². The molecular weight excluding hydrogens is 435 g/mol. The number of nitrogens with one attached hydrogen (secondary N) is 1. The van der Waals surface area contributed by atoms with Crippen molar-refractivity contribution in [3.8, 4) is 11.1 Å². The van der Waals surface area contributed by atoms with Crippen molar-refractivity contribution in [1.29, 1.82) is 0 Å². The zero-order valence-corrected chi connectivity index (χ0v) is 18.5. The van der Waals surface area contributed by atoms with Gasteiger partial charge in [0.15, 0.2) is 5.65 Å². The molecule has 1 aromatic carbocycles. The summed E-state index contributed by atoms with van der Waals surface area (Å²) in [5.41, 5.74) is 4.74. The molecule has 174 valence electrons. The number of carbonyl (C=O) groups is 1. The highest BCUT2D eigenvalue weighted by molar-refractivity contribution is 5.91. The van der Waals surface area contributed by atoms with Crippen molar-refractivity contribution in [1.82, 2.24) is 19.9 Å². The molecule has 1 atom stereocenters. The maximum atomic E-state index is 12.6. The van der Waals surface area contributed by atoms with Crippen LogP contribution in [-0.2, 0) is 11.2 Å². The van der Waals surface area contributed by atoms with E-state index in [1.807, 2.05) is 39.0 Å². The van der Waals surface area contributed by atoms with Crippen molar-refractivity contribution in [2.45, 2.75) is 46.1 Å². The molecule has 33 heavy (non-hydrogen) atoms. The van der Waals surface area contributed by atoms with Crippen LogP contribution < -0.4 is 5.32 Å². The number of amides is 2. The van der Waals surface area contributed by atoms with Gasteiger partial charge < -0.3 is 10.2 Å². The Bertz CT molecular complexity index is 1200. The molecule has 2 aromatic heterocycles. The predicted molar refractivity (Wildman–Crippen MR) is 118 cm³/mol. The van der Waals surface area contributed by atoms with Gasteiger partial charge in [-0.2, -0.15) is 0 Å². The zero-order chi connectivity index (χ0) is 23.8. The highest BCUT2D eigenvalue weighted by atomic mass is 19.4. The summed E-state index contributed by atoms with van der Waals surface area (Å²) in [6.45, 7) is 5.92. The molecule has 0 radical (unpaired) electrons. The number of benzene rings is 1. The standard InChI is InChI=1S/C23H24F3N5O2/c1-4-20-27-11-15-9-19(14(3)28-21(15)30-20)18-10-16(6-5-13(18)2)29-22(32)31-8-7-17(12-31)33-23(24,25)26/h5-6,9-11,17H,4,7-8,12H2,1-3H3,(H,29,32)/t17-/m0/s1. The van der Waals surface area contributed by atoms with Crippen molar-refractivity contribution in [2.24, 2.45) is 0 Å². The molecular formula is C23H24F3N5O2. The van der Waals surface area contributed by atoms with E-state index in [9.17, 15) is 18.0 Å². The van der Waals surface area contributed by atoms with Gasteiger partial charge in [-0.1, -0.05) is 13.0 Å². The van der Waals surface area contributed by atoms with Gasteiger partial charge in [-0.3, -0.25) is 4.74 Å². The predicted octanol–water partition coefficient (Wildman–Crippen LogP) is 5.01. The van der Waals surface area contributed by atoms with E-state index in [1.165, 1.54) is 4.90 Å². The number of urea groups is 1. The molecule has 1 aliphatic rings. The fraction of sp³-hybridized carbons (Fsp3) is 0.391. The fourth-order valence-electron chi connectivity index (χ4n) is 3.92. The van der Waals surface area contributed by atoms with E-state index in [4.69, 9.17) is 0 Å². The summed E-state index contributed by atoms with van der Waals surface area (Å²) >= 11 is 0. The molecule has 1 aliphatic heterocycles. The van der Waals surface area contributed by atoms with Crippen LogP contribution in [0.4, 0.5) is 23.7 Å². The molecule has 10 heteroatoms. The highest BCUT2D eigenvalue weighted by Crippen LogP contribution is 2.31. The first-order valence-electron chi connectivity index (χ1n) is 10.7. The molecule has 7 nitrogen and oxygen atoms in total. The maximum absolute atomic E-state index is 12.6. The van der Waals surface area contributed by atoms with E-state index in [0.29, 0.717) is 11.3 Å². The van der Waals surface area contributed by atoms with E-state index >= 15 is 0 Å². The first kappa shape index (κ1) is 22.9. The second kappa shape index (κ2) is 8.93. The van der Waals surface area contributed by atoms with Crippen molar-refractivity contribution < 1.29 is 22.7 Å². The van der Waals surface area contributed by atoms with Gasteiger partial charge in [-0.05, 0) is 49.6 Å². The second-order valence-electron chi connectivity index (χ2n) is 8.05. The van der Waals surface area contributed by atoms with Crippen LogP contribution in [0.5, 0.6) is 0 Å². The largest absolute Gasteiger partial charge is 0.522 e. The topological polar surface area (TPSA) is 80.2 Å². The van der Waals surface area contributed by atoms with Gasteiger partial charge in [-0.15, -0.1) is 13.2 Å². The molecule has 1 saturated heterocycles. The summed E-state index contributed by atoms with van der Waals surface area (Å²) in [5, 5.41) is 3.60. The van der Waals surface area contributed by atoms with Gasteiger partial charge in [0, 0.05) is 48.0 Å². The monoisotopic (exact) mass is 459 g/mol. The van der Waals surface area contributed by atoms with Gasteiger partial charge in [0.2, 0.25) is 0 Å². The van der Waals surface area contributed by atoms with Crippen LogP contribution in [0.15, 0.2) is 30.5 Å². The smallest absolute Gasteiger partial charge is 0.322 e. The number of alkyl halides is 3. The first-order valence-corrected chi connectivity index (χ1v) is 10.7. The van der Waals surface area contributed by atoms with Crippen molar-refractivity contribution >= 4 is 22.8 Å². The Balaban J connectivity index is 1.55. The lowest BCUT2D eigenvalue weighted by Crippen LogP contribution is -2.35. The lowest BCUT2D eigenvalue weighted by atomic mass is 9.98. The number of halogens is 3. The number of likely N-dealkylation sites (tertiary alicyclic amines) is 1. The maximum Gasteiger partial charge on any atom is 0.522 e. The summed E-state index contributed by atoms with van der Waals surface area (Å²) in [5.74, 6) is 0.729. The number of carbonyl (C=O) groups excluding carboxylic acids is 1. The summed E-state index contributed by atoms with van der Waals surface area (Å²) in [6, 6.07) is 6.99. The lowest BCUT2D eigenvalue weighted by Gasteiger charge is -2.19. The average Bonchev–Trinajstić information content (AvgIpc) is 3.21. The Kier molecular flexibility index (Phi) is 6.20. The molecule has 0 unspecified atom stereocenters. The van der Waals surface area contributed by atoms with E-state index in [1.54, 1.807) is 12.3 Å². The molecule has 4 rings (SSSR count).